The first-order chi connectivity index (χ1) is 12.7. The SMILES string of the molecule is CC(C)CCNC(=O)COC(=O)[C@@H](C(C)C)N1C(=O)c2ccccc2C1=O. The van der Waals surface area contributed by atoms with E-state index in [-0.39, 0.29) is 17.0 Å². The Morgan fingerprint density at radius 3 is 2.07 bits per heavy atom. The number of benzene rings is 1. The fourth-order valence-electron chi connectivity index (χ4n) is 2.91. The second-order valence-electron chi connectivity index (χ2n) is 7.35. The second-order valence-corrected chi connectivity index (χ2v) is 7.35. The average Bonchev–Trinajstić information content (AvgIpc) is 2.85. The van der Waals surface area contributed by atoms with Crippen LogP contribution in [0.4, 0.5) is 0 Å². The van der Waals surface area contributed by atoms with Gasteiger partial charge in [-0.3, -0.25) is 19.3 Å². The predicted molar refractivity (Wildman–Crippen MR) is 99.0 cm³/mol. The molecule has 7 heteroatoms. The zero-order valence-electron chi connectivity index (χ0n) is 16.2. The van der Waals surface area contributed by atoms with Crippen molar-refractivity contribution in [2.24, 2.45) is 11.8 Å². The van der Waals surface area contributed by atoms with Gasteiger partial charge in [-0.2, -0.15) is 0 Å². The standard InChI is InChI=1S/C20H26N2O5/c1-12(2)9-10-21-16(23)11-27-20(26)17(13(3)4)22-18(24)14-7-5-6-8-15(14)19(22)25/h5-8,12-13,17H,9-11H2,1-4H3,(H,21,23)/t17-/m1/s1. The van der Waals surface area contributed by atoms with Crippen molar-refractivity contribution in [2.75, 3.05) is 13.2 Å². The number of carbonyl (C=O) groups excluding carboxylic acids is 4. The van der Waals surface area contributed by atoms with Gasteiger partial charge in [0.1, 0.15) is 6.04 Å². The third-order valence-corrected chi connectivity index (χ3v) is 4.37. The third kappa shape index (κ3) is 4.72. The Balaban J connectivity index is 2.03. The molecule has 1 aliphatic heterocycles. The maximum atomic E-state index is 12.6. The van der Waals surface area contributed by atoms with Gasteiger partial charge in [0, 0.05) is 6.54 Å². The lowest BCUT2D eigenvalue weighted by Crippen LogP contribution is -2.49. The molecule has 1 atom stereocenters. The minimum Gasteiger partial charge on any atom is -0.454 e. The molecule has 0 saturated heterocycles. The highest BCUT2D eigenvalue weighted by molar-refractivity contribution is 6.22. The molecule has 0 aromatic heterocycles. The number of rotatable bonds is 8. The van der Waals surface area contributed by atoms with Crippen molar-refractivity contribution >= 4 is 23.7 Å². The molecular weight excluding hydrogens is 348 g/mol. The first-order valence-electron chi connectivity index (χ1n) is 9.14. The Bertz CT molecular complexity index is 707. The van der Waals surface area contributed by atoms with Crippen molar-refractivity contribution in [1.29, 1.82) is 0 Å². The number of hydrogen-bond acceptors (Lipinski definition) is 5. The van der Waals surface area contributed by atoms with Crippen LogP contribution in [-0.2, 0) is 14.3 Å². The first kappa shape index (κ1) is 20.6. The number of fused-ring (bicyclic) bond motifs is 1. The van der Waals surface area contributed by atoms with Gasteiger partial charge in [-0.15, -0.1) is 0 Å². The Morgan fingerprint density at radius 2 is 1.59 bits per heavy atom. The summed E-state index contributed by atoms with van der Waals surface area (Å²) in [7, 11) is 0. The largest absolute Gasteiger partial charge is 0.454 e. The average molecular weight is 374 g/mol. The molecule has 0 saturated carbocycles. The molecule has 1 heterocycles. The molecule has 1 aromatic carbocycles. The van der Waals surface area contributed by atoms with Crippen LogP contribution in [0.2, 0.25) is 0 Å². The van der Waals surface area contributed by atoms with E-state index in [1.54, 1.807) is 38.1 Å². The third-order valence-electron chi connectivity index (χ3n) is 4.37. The van der Waals surface area contributed by atoms with Crippen LogP contribution in [0.15, 0.2) is 24.3 Å². The minimum atomic E-state index is -1.08. The van der Waals surface area contributed by atoms with E-state index in [0.717, 1.165) is 11.3 Å². The van der Waals surface area contributed by atoms with E-state index < -0.39 is 36.3 Å². The second kappa shape index (κ2) is 8.79. The number of imide groups is 1. The zero-order valence-corrected chi connectivity index (χ0v) is 16.2. The molecule has 2 rings (SSSR count). The van der Waals surface area contributed by atoms with Crippen molar-refractivity contribution in [1.82, 2.24) is 10.2 Å². The van der Waals surface area contributed by atoms with E-state index in [9.17, 15) is 19.2 Å². The molecule has 1 aliphatic rings. The number of hydrogen-bond donors (Lipinski definition) is 1. The lowest BCUT2D eigenvalue weighted by atomic mass is 10.0. The van der Waals surface area contributed by atoms with Crippen LogP contribution in [0.5, 0.6) is 0 Å². The van der Waals surface area contributed by atoms with Crippen LogP contribution < -0.4 is 5.32 Å². The zero-order chi connectivity index (χ0) is 20.1. The molecule has 1 aromatic rings. The summed E-state index contributed by atoms with van der Waals surface area (Å²) in [5, 5.41) is 2.68. The molecule has 0 unspecified atom stereocenters. The Kier molecular flexibility index (Phi) is 6.71. The van der Waals surface area contributed by atoms with Gasteiger partial charge in [-0.1, -0.05) is 39.8 Å². The molecule has 0 spiro atoms. The summed E-state index contributed by atoms with van der Waals surface area (Å²) in [5.41, 5.74) is 0.541. The van der Waals surface area contributed by atoms with Crippen LogP contribution in [0.25, 0.3) is 0 Å². The van der Waals surface area contributed by atoms with E-state index in [2.05, 4.69) is 5.32 Å². The number of amides is 3. The molecule has 1 N–H and O–H groups in total. The molecular formula is C20H26N2O5. The van der Waals surface area contributed by atoms with Crippen molar-refractivity contribution in [3.63, 3.8) is 0 Å². The van der Waals surface area contributed by atoms with Crippen molar-refractivity contribution in [3.8, 4) is 0 Å². The van der Waals surface area contributed by atoms with Crippen molar-refractivity contribution < 1.29 is 23.9 Å². The number of nitrogens with zero attached hydrogens (tertiary/aromatic N) is 1. The summed E-state index contributed by atoms with van der Waals surface area (Å²) < 4.78 is 5.10. The van der Waals surface area contributed by atoms with Gasteiger partial charge >= 0.3 is 5.97 Å². The van der Waals surface area contributed by atoms with Gasteiger partial charge in [-0.05, 0) is 30.4 Å². The lowest BCUT2D eigenvalue weighted by molar-refractivity contribution is -0.153. The highest BCUT2D eigenvalue weighted by Gasteiger charge is 2.44. The predicted octanol–water partition coefficient (Wildman–Crippen LogP) is 2.01. The van der Waals surface area contributed by atoms with E-state index >= 15 is 0 Å². The monoisotopic (exact) mass is 374 g/mol. The lowest BCUT2D eigenvalue weighted by Gasteiger charge is -2.27. The highest BCUT2D eigenvalue weighted by atomic mass is 16.5. The Labute approximate surface area is 159 Å². The van der Waals surface area contributed by atoms with Crippen LogP contribution in [0.1, 0.15) is 54.8 Å². The summed E-state index contributed by atoms with van der Waals surface area (Å²) in [5.74, 6) is -2.12. The van der Waals surface area contributed by atoms with E-state index in [0.29, 0.717) is 12.5 Å². The van der Waals surface area contributed by atoms with Crippen LogP contribution >= 0.6 is 0 Å². The minimum absolute atomic E-state index is 0.271. The maximum Gasteiger partial charge on any atom is 0.330 e. The molecule has 0 fully saturated rings. The summed E-state index contributed by atoms with van der Waals surface area (Å²) in [4.78, 5) is 50.5. The van der Waals surface area contributed by atoms with Gasteiger partial charge in [-0.25, -0.2) is 4.79 Å². The van der Waals surface area contributed by atoms with Crippen molar-refractivity contribution in [3.05, 3.63) is 35.4 Å². The topological polar surface area (TPSA) is 92.8 Å². The Morgan fingerprint density at radius 1 is 1.04 bits per heavy atom. The number of nitrogens with one attached hydrogen (secondary N) is 1. The smallest absolute Gasteiger partial charge is 0.330 e. The number of carbonyl (C=O) groups is 4. The molecule has 0 bridgehead atoms. The molecule has 7 nitrogen and oxygen atoms in total. The quantitative estimate of drug-likeness (QED) is 0.555. The molecule has 146 valence electrons. The summed E-state index contributed by atoms with van der Waals surface area (Å²) in [6.45, 7) is 7.59. The molecule has 0 aliphatic carbocycles. The first-order valence-corrected chi connectivity index (χ1v) is 9.14. The summed E-state index contributed by atoms with van der Waals surface area (Å²) in [6, 6.07) is 5.36. The van der Waals surface area contributed by atoms with Crippen LogP contribution in [0.3, 0.4) is 0 Å². The van der Waals surface area contributed by atoms with Crippen LogP contribution in [-0.4, -0.2) is 47.8 Å². The summed E-state index contributed by atoms with van der Waals surface area (Å²) >= 11 is 0. The van der Waals surface area contributed by atoms with E-state index in [1.807, 2.05) is 13.8 Å². The van der Waals surface area contributed by atoms with Gasteiger partial charge in [0.25, 0.3) is 17.7 Å². The van der Waals surface area contributed by atoms with Crippen molar-refractivity contribution in [2.45, 2.75) is 40.2 Å². The van der Waals surface area contributed by atoms with Crippen LogP contribution in [0, 0.1) is 11.8 Å². The van der Waals surface area contributed by atoms with E-state index in [4.69, 9.17) is 4.74 Å². The highest BCUT2D eigenvalue weighted by Crippen LogP contribution is 2.27. The van der Waals surface area contributed by atoms with Gasteiger partial charge in [0.2, 0.25) is 0 Å². The van der Waals surface area contributed by atoms with Gasteiger partial charge in [0.15, 0.2) is 6.61 Å². The normalized spacial score (nSPS) is 14.5. The molecule has 27 heavy (non-hydrogen) atoms. The van der Waals surface area contributed by atoms with Gasteiger partial charge < -0.3 is 10.1 Å². The number of ether oxygens (including phenoxy) is 1. The summed E-state index contributed by atoms with van der Waals surface area (Å²) in [6.07, 6.45) is 0.823. The fourth-order valence-corrected chi connectivity index (χ4v) is 2.91. The molecule has 3 amide bonds. The molecule has 0 radical (unpaired) electrons. The van der Waals surface area contributed by atoms with Gasteiger partial charge in [0.05, 0.1) is 11.1 Å². The maximum absolute atomic E-state index is 12.6. The van der Waals surface area contributed by atoms with E-state index in [1.165, 1.54) is 0 Å². The Hall–Kier alpha value is -2.70. The fraction of sp³-hybridized carbons (Fsp3) is 0.500. The number of esters is 1.